The normalized spacial score (nSPS) is 15.4. The molecule has 0 aromatic carbocycles. The summed E-state index contributed by atoms with van der Waals surface area (Å²) in [4.78, 5) is 17.3. The van der Waals surface area contributed by atoms with E-state index in [9.17, 15) is 4.79 Å². The minimum atomic E-state index is -0.346. The molecule has 0 atom stereocenters. The van der Waals surface area contributed by atoms with E-state index in [4.69, 9.17) is 10.5 Å². The Labute approximate surface area is 81.3 Å². The molecule has 0 aliphatic heterocycles. The molecule has 5 nitrogen and oxygen atoms in total. The fourth-order valence-electron chi connectivity index (χ4n) is 1.24. The van der Waals surface area contributed by atoms with Crippen LogP contribution in [0.4, 0.5) is 5.69 Å². The summed E-state index contributed by atoms with van der Waals surface area (Å²) in [6.45, 7) is 0.589. The molecule has 0 radical (unpaired) electrons. The molecule has 1 fully saturated rings. The molecule has 3 N–H and O–H groups in total. The van der Waals surface area contributed by atoms with E-state index >= 15 is 0 Å². The highest BCUT2D eigenvalue weighted by Crippen LogP contribution is 2.32. The summed E-state index contributed by atoms with van der Waals surface area (Å²) in [5.41, 5.74) is 5.20. The maximum Gasteiger partial charge on any atom is 0.277 e. The van der Waals surface area contributed by atoms with Gasteiger partial charge in [-0.1, -0.05) is 12.8 Å². The highest BCUT2D eigenvalue weighted by molar-refractivity contribution is 5.44. The van der Waals surface area contributed by atoms with Crippen LogP contribution in [0.25, 0.3) is 0 Å². The van der Waals surface area contributed by atoms with Crippen LogP contribution in [0.15, 0.2) is 11.1 Å². The molecule has 0 unspecified atom stereocenters. The van der Waals surface area contributed by atoms with Crippen molar-refractivity contribution in [2.24, 2.45) is 5.92 Å². The maximum absolute atomic E-state index is 11.0. The highest BCUT2D eigenvalue weighted by atomic mass is 16.5. The van der Waals surface area contributed by atoms with Crippen molar-refractivity contribution in [2.75, 3.05) is 12.3 Å². The molecule has 0 amide bonds. The van der Waals surface area contributed by atoms with E-state index in [0.29, 0.717) is 6.61 Å². The van der Waals surface area contributed by atoms with Crippen LogP contribution >= 0.6 is 0 Å². The van der Waals surface area contributed by atoms with Crippen molar-refractivity contribution < 1.29 is 4.74 Å². The lowest BCUT2D eigenvalue weighted by Gasteiger charge is -2.05. The van der Waals surface area contributed by atoms with Crippen LogP contribution in [-0.2, 0) is 0 Å². The Hall–Kier alpha value is -1.52. The lowest BCUT2D eigenvalue weighted by Crippen LogP contribution is -2.14. The predicted molar refractivity (Wildman–Crippen MR) is 52.1 cm³/mol. The van der Waals surface area contributed by atoms with E-state index in [0.717, 1.165) is 12.3 Å². The number of aromatic amines is 1. The second kappa shape index (κ2) is 3.69. The average Bonchev–Trinajstić information content (AvgIpc) is 2.96. The van der Waals surface area contributed by atoms with E-state index < -0.39 is 0 Å². The van der Waals surface area contributed by atoms with Crippen LogP contribution in [-0.4, -0.2) is 16.6 Å². The molecule has 1 aromatic rings. The van der Waals surface area contributed by atoms with Crippen LogP contribution in [0.5, 0.6) is 5.88 Å². The number of hydrogen-bond donors (Lipinski definition) is 2. The van der Waals surface area contributed by atoms with Crippen molar-refractivity contribution in [2.45, 2.75) is 19.3 Å². The van der Waals surface area contributed by atoms with Crippen molar-refractivity contribution in [1.82, 2.24) is 9.97 Å². The number of rotatable bonds is 4. The Kier molecular flexibility index (Phi) is 2.39. The third-order valence-electron chi connectivity index (χ3n) is 2.31. The van der Waals surface area contributed by atoms with E-state index in [1.54, 1.807) is 0 Å². The molecule has 1 aliphatic carbocycles. The zero-order valence-corrected chi connectivity index (χ0v) is 7.82. The maximum atomic E-state index is 11.0. The quantitative estimate of drug-likeness (QED) is 0.734. The van der Waals surface area contributed by atoms with E-state index in [1.165, 1.54) is 19.2 Å². The summed E-state index contributed by atoms with van der Waals surface area (Å²) < 4.78 is 5.31. The Morgan fingerprint density at radius 2 is 2.43 bits per heavy atom. The Balaban J connectivity index is 1.93. The first-order valence-electron chi connectivity index (χ1n) is 4.73. The standard InChI is InChI=1S/C9H13N3O2/c10-7-8(13)11-5-12-9(7)14-4-3-6-1-2-6/h5-6H,1-4,10H2,(H,11,12,13). The van der Waals surface area contributed by atoms with E-state index in [-0.39, 0.29) is 17.1 Å². The van der Waals surface area contributed by atoms with Crippen molar-refractivity contribution in [3.8, 4) is 5.88 Å². The molecule has 1 heterocycles. The largest absolute Gasteiger partial charge is 0.476 e. The third kappa shape index (κ3) is 2.04. The van der Waals surface area contributed by atoms with Crippen molar-refractivity contribution in [1.29, 1.82) is 0 Å². The summed E-state index contributed by atoms with van der Waals surface area (Å²) in [6, 6.07) is 0. The summed E-state index contributed by atoms with van der Waals surface area (Å²) in [5.74, 6) is 1.05. The monoisotopic (exact) mass is 195 g/mol. The Morgan fingerprint density at radius 3 is 3.14 bits per heavy atom. The van der Waals surface area contributed by atoms with Crippen molar-refractivity contribution >= 4 is 5.69 Å². The zero-order valence-electron chi connectivity index (χ0n) is 7.82. The number of nitrogens with zero attached hydrogens (tertiary/aromatic N) is 1. The van der Waals surface area contributed by atoms with Crippen LogP contribution in [0.2, 0.25) is 0 Å². The number of anilines is 1. The molecule has 2 rings (SSSR count). The van der Waals surface area contributed by atoms with Gasteiger partial charge in [-0.05, 0) is 12.3 Å². The number of nitrogens with two attached hydrogens (primary N) is 1. The molecule has 0 spiro atoms. The SMILES string of the molecule is Nc1c(OCCC2CC2)nc[nH]c1=O. The second-order valence-corrected chi connectivity index (χ2v) is 3.53. The van der Waals surface area contributed by atoms with Crippen molar-refractivity contribution in [3.05, 3.63) is 16.7 Å². The third-order valence-corrected chi connectivity index (χ3v) is 2.31. The number of H-pyrrole nitrogens is 1. The summed E-state index contributed by atoms with van der Waals surface area (Å²) in [5, 5.41) is 0. The van der Waals surface area contributed by atoms with Gasteiger partial charge in [0.25, 0.3) is 5.56 Å². The predicted octanol–water partition coefficient (Wildman–Crippen LogP) is 0.531. The highest BCUT2D eigenvalue weighted by Gasteiger charge is 2.21. The minimum Gasteiger partial charge on any atom is -0.476 e. The number of ether oxygens (including phenoxy) is 1. The van der Waals surface area contributed by atoms with Crippen LogP contribution in [0, 0.1) is 5.92 Å². The molecule has 5 heteroatoms. The molecule has 0 bridgehead atoms. The first-order chi connectivity index (χ1) is 6.77. The smallest absolute Gasteiger partial charge is 0.277 e. The van der Waals surface area contributed by atoms with Gasteiger partial charge in [0.15, 0.2) is 5.69 Å². The van der Waals surface area contributed by atoms with Crippen LogP contribution in [0.1, 0.15) is 19.3 Å². The minimum absolute atomic E-state index is 0.0586. The van der Waals surface area contributed by atoms with E-state index in [1.807, 2.05) is 0 Å². The first kappa shape index (κ1) is 9.05. The van der Waals surface area contributed by atoms with Gasteiger partial charge in [0.05, 0.1) is 12.9 Å². The summed E-state index contributed by atoms with van der Waals surface area (Å²) in [6.07, 6.45) is 4.91. The van der Waals surface area contributed by atoms with Gasteiger partial charge in [0.2, 0.25) is 5.88 Å². The van der Waals surface area contributed by atoms with Gasteiger partial charge in [-0.15, -0.1) is 0 Å². The number of nitrogen functional groups attached to an aromatic ring is 1. The first-order valence-corrected chi connectivity index (χ1v) is 4.73. The molecule has 1 saturated carbocycles. The second-order valence-electron chi connectivity index (χ2n) is 3.53. The molecule has 76 valence electrons. The van der Waals surface area contributed by atoms with Gasteiger partial charge in [0.1, 0.15) is 0 Å². The molecular weight excluding hydrogens is 182 g/mol. The van der Waals surface area contributed by atoms with Gasteiger partial charge in [0, 0.05) is 0 Å². The van der Waals surface area contributed by atoms with Crippen molar-refractivity contribution in [3.63, 3.8) is 0 Å². The van der Waals surface area contributed by atoms with Gasteiger partial charge < -0.3 is 15.5 Å². The average molecular weight is 195 g/mol. The topological polar surface area (TPSA) is 81.0 Å². The van der Waals surface area contributed by atoms with E-state index in [2.05, 4.69) is 9.97 Å². The van der Waals surface area contributed by atoms with Gasteiger partial charge in [-0.3, -0.25) is 4.79 Å². The van der Waals surface area contributed by atoms with Gasteiger partial charge >= 0.3 is 0 Å². The summed E-state index contributed by atoms with van der Waals surface area (Å²) in [7, 11) is 0. The molecule has 14 heavy (non-hydrogen) atoms. The van der Waals surface area contributed by atoms with Gasteiger partial charge in [-0.2, -0.15) is 0 Å². The molecule has 0 saturated heterocycles. The molecule has 1 aromatic heterocycles. The Bertz CT molecular complexity index is 371. The Morgan fingerprint density at radius 1 is 1.64 bits per heavy atom. The molecular formula is C9H13N3O2. The molecule has 1 aliphatic rings. The number of nitrogens with one attached hydrogen (secondary N) is 1. The number of hydrogen-bond acceptors (Lipinski definition) is 4. The van der Waals surface area contributed by atoms with Crippen LogP contribution < -0.4 is 16.0 Å². The summed E-state index contributed by atoms with van der Waals surface area (Å²) >= 11 is 0. The lowest BCUT2D eigenvalue weighted by molar-refractivity contribution is 0.292. The fourth-order valence-corrected chi connectivity index (χ4v) is 1.24. The number of aromatic nitrogens is 2. The zero-order chi connectivity index (χ0) is 9.97. The van der Waals surface area contributed by atoms with Gasteiger partial charge in [-0.25, -0.2) is 4.98 Å². The van der Waals surface area contributed by atoms with Crippen LogP contribution in [0.3, 0.4) is 0 Å². The fraction of sp³-hybridized carbons (Fsp3) is 0.556. The lowest BCUT2D eigenvalue weighted by atomic mass is 10.3.